The Morgan fingerprint density at radius 1 is 1.47 bits per heavy atom. The highest BCUT2D eigenvalue weighted by atomic mass is 16.3. The fraction of sp³-hybridized carbons (Fsp3) is 0.429. The van der Waals surface area contributed by atoms with E-state index in [9.17, 15) is 4.79 Å². The molecule has 19 heavy (non-hydrogen) atoms. The van der Waals surface area contributed by atoms with Crippen molar-refractivity contribution in [2.75, 3.05) is 26.7 Å². The Morgan fingerprint density at radius 3 is 2.74 bits per heavy atom. The van der Waals surface area contributed by atoms with E-state index in [1.807, 2.05) is 48.3 Å². The number of amides is 1. The molecule has 5 heteroatoms. The average molecular weight is 261 g/mol. The molecule has 5 nitrogen and oxygen atoms in total. The smallest absolute Gasteiger partial charge is 0.235 e. The van der Waals surface area contributed by atoms with Gasteiger partial charge in [-0.15, -0.1) is 0 Å². The summed E-state index contributed by atoms with van der Waals surface area (Å²) in [6, 6.07) is 11.6. The summed E-state index contributed by atoms with van der Waals surface area (Å²) in [5, 5.41) is 20.1. The Morgan fingerprint density at radius 2 is 2.16 bits per heavy atom. The molecule has 1 atom stereocenters. The maximum absolute atomic E-state index is 11.6. The predicted octanol–water partition coefficient (Wildman–Crippen LogP) is 0.682. The molecular formula is C14H19N3O2. The Hall–Kier alpha value is -1.90. The summed E-state index contributed by atoms with van der Waals surface area (Å²) in [6.45, 7) is 0.271. The highest BCUT2D eigenvalue weighted by Gasteiger charge is 2.18. The van der Waals surface area contributed by atoms with Crippen LogP contribution in [0.1, 0.15) is 18.0 Å². The van der Waals surface area contributed by atoms with Crippen LogP contribution in [-0.4, -0.2) is 42.7 Å². The van der Waals surface area contributed by atoms with E-state index in [4.69, 9.17) is 10.4 Å². The molecule has 0 bridgehead atoms. The first-order valence-corrected chi connectivity index (χ1v) is 6.18. The molecular weight excluding hydrogens is 242 g/mol. The number of benzene rings is 1. The number of likely N-dealkylation sites (N-methyl/N-ethyl adjacent to an activating group) is 1. The van der Waals surface area contributed by atoms with Crippen molar-refractivity contribution in [2.45, 2.75) is 12.5 Å². The van der Waals surface area contributed by atoms with Gasteiger partial charge in [0.1, 0.15) is 6.54 Å². The van der Waals surface area contributed by atoms with Crippen LogP contribution >= 0.6 is 0 Å². The largest absolute Gasteiger partial charge is 0.396 e. The molecule has 0 heterocycles. The monoisotopic (exact) mass is 261 g/mol. The molecule has 1 amide bonds. The molecule has 0 saturated carbocycles. The molecule has 0 spiro atoms. The van der Waals surface area contributed by atoms with E-state index in [0.29, 0.717) is 6.42 Å². The minimum Gasteiger partial charge on any atom is -0.396 e. The van der Waals surface area contributed by atoms with Crippen molar-refractivity contribution in [1.29, 1.82) is 5.26 Å². The zero-order chi connectivity index (χ0) is 14.1. The van der Waals surface area contributed by atoms with Gasteiger partial charge in [-0.3, -0.25) is 9.69 Å². The number of carbonyl (C=O) groups excluding carboxylic acids is 1. The lowest BCUT2D eigenvalue weighted by Crippen LogP contribution is -2.37. The lowest BCUT2D eigenvalue weighted by molar-refractivity contribution is -0.122. The van der Waals surface area contributed by atoms with Crippen molar-refractivity contribution >= 4 is 5.91 Å². The van der Waals surface area contributed by atoms with E-state index in [-0.39, 0.29) is 31.6 Å². The van der Waals surface area contributed by atoms with Gasteiger partial charge in [-0.1, -0.05) is 30.3 Å². The molecule has 2 N–H and O–H groups in total. The van der Waals surface area contributed by atoms with Crippen LogP contribution in [0.2, 0.25) is 0 Å². The number of carbonyl (C=O) groups is 1. The second-order valence-electron chi connectivity index (χ2n) is 4.29. The highest BCUT2D eigenvalue weighted by molar-refractivity contribution is 5.78. The second-order valence-corrected chi connectivity index (χ2v) is 4.29. The van der Waals surface area contributed by atoms with Crippen molar-refractivity contribution < 1.29 is 9.90 Å². The van der Waals surface area contributed by atoms with Gasteiger partial charge in [-0.05, 0) is 19.0 Å². The van der Waals surface area contributed by atoms with E-state index in [0.717, 1.165) is 5.56 Å². The minimum atomic E-state index is -0.192. The molecule has 1 rings (SSSR count). The van der Waals surface area contributed by atoms with Crippen LogP contribution in [0.4, 0.5) is 0 Å². The van der Waals surface area contributed by atoms with E-state index in [2.05, 4.69) is 5.32 Å². The quantitative estimate of drug-likeness (QED) is 0.708. The SMILES string of the molecule is CN(CC(=O)NCC#N)C(CCO)c1ccccc1. The molecule has 0 aromatic heterocycles. The number of nitrogens with one attached hydrogen (secondary N) is 1. The molecule has 0 aliphatic rings. The van der Waals surface area contributed by atoms with Gasteiger partial charge in [0.2, 0.25) is 5.91 Å². The van der Waals surface area contributed by atoms with Crippen molar-refractivity contribution in [3.8, 4) is 6.07 Å². The number of aliphatic hydroxyl groups excluding tert-OH is 1. The van der Waals surface area contributed by atoms with Crippen molar-refractivity contribution in [1.82, 2.24) is 10.2 Å². The number of nitrogens with zero attached hydrogens (tertiary/aromatic N) is 2. The van der Waals surface area contributed by atoms with E-state index >= 15 is 0 Å². The van der Waals surface area contributed by atoms with Gasteiger partial charge >= 0.3 is 0 Å². The van der Waals surface area contributed by atoms with E-state index in [1.165, 1.54) is 0 Å². The summed E-state index contributed by atoms with van der Waals surface area (Å²) in [4.78, 5) is 13.5. The molecule has 0 fully saturated rings. The van der Waals surface area contributed by atoms with E-state index < -0.39 is 0 Å². The molecule has 0 aliphatic carbocycles. The summed E-state index contributed by atoms with van der Waals surface area (Å²) >= 11 is 0. The standard InChI is InChI=1S/C14H19N3O2/c1-17(11-14(19)16-9-8-15)13(7-10-18)12-5-3-2-4-6-12/h2-6,13,18H,7,9-11H2,1H3,(H,16,19). The summed E-state index contributed by atoms with van der Waals surface area (Å²) in [5.41, 5.74) is 1.06. The average Bonchev–Trinajstić information content (AvgIpc) is 2.43. The van der Waals surface area contributed by atoms with Crippen LogP contribution in [0.5, 0.6) is 0 Å². The Balaban J connectivity index is 2.66. The van der Waals surface area contributed by atoms with Gasteiger partial charge in [0.25, 0.3) is 0 Å². The van der Waals surface area contributed by atoms with Gasteiger partial charge < -0.3 is 10.4 Å². The summed E-state index contributed by atoms with van der Waals surface area (Å²) in [7, 11) is 1.83. The third kappa shape index (κ3) is 5.08. The van der Waals surface area contributed by atoms with Gasteiger partial charge in [0, 0.05) is 12.6 Å². The van der Waals surface area contributed by atoms with Gasteiger partial charge in [-0.2, -0.15) is 5.26 Å². The lowest BCUT2D eigenvalue weighted by atomic mass is 10.0. The van der Waals surface area contributed by atoms with Crippen LogP contribution in [0, 0.1) is 11.3 Å². The zero-order valence-electron chi connectivity index (χ0n) is 11.0. The third-order valence-corrected chi connectivity index (χ3v) is 2.88. The number of aliphatic hydroxyl groups is 1. The normalized spacial score (nSPS) is 11.9. The Kier molecular flexibility index (Phi) is 6.58. The van der Waals surface area contributed by atoms with E-state index in [1.54, 1.807) is 0 Å². The van der Waals surface area contributed by atoms with Crippen LogP contribution in [0.15, 0.2) is 30.3 Å². The summed E-state index contributed by atoms with van der Waals surface area (Å²) < 4.78 is 0. The lowest BCUT2D eigenvalue weighted by Gasteiger charge is -2.27. The topological polar surface area (TPSA) is 76.4 Å². The first-order chi connectivity index (χ1) is 9.19. The number of hydrogen-bond donors (Lipinski definition) is 2. The summed E-state index contributed by atoms with van der Waals surface area (Å²) in [6.07, 6.45) is 0.562. The van der Waals surface area contributed by atoms with Crippen molar-refractivity contribution in [3.63, 3.8) is 0 Å². The number of rotatable bonds is 7. The Bertz CT molecular complexity index is 428. The maximum atomic E-state index is 11.6. The van der Waals surface area contributed by atoms with Gasteiger partial charge in [0.05, 0.1) is 12.6 Å². The van der Waals surface area contributed by atoms with Crippen molar-refractivity contribution in [3.05, 3.63) is 35.9 Å². The Labute approximate surface area is 113 Å². The second kappa shape index (κ2) is 8.25. The molecule has 0 radical (unpaired) electrons. The fourth-order valence-electron chi connectivity index (χ4n) is 1.97. The highest BCUT2D eigenvalue weighted by Crippen LogP contribution is 2.22. The first kappa shape index (κ1) is 15.2. The zero-order valence-corrected chi connectivity index (χ0v) is 11.0. The minimum absolute atomic E-state index is 0.0148. The molecule has 1 unspecified atom stereocenters. The van der Waals surface area contributed by atoms with Crippen LogP contribution in [0.3, 0.4) is 0 Å². The molecule has 1 aromatic carbocycles. The van der Waals surface area contributed by atoms with Gasteiger partial charge in [-0.25, -0.2) is 0 Å². The van der Waals surface area contributed by atoms with Crippen LogP contribution in [0.25, 0.3) is 0 Å². The van der Waals surface area contributed by atoms with Crippen LogP contribution < -0.4 is 5.32 Å². The third-order valence-electron chi connectivity index (χ3n) is 2.88. The molecule has 1 aromatic rings. The predicted molar refractivity (Wildman–Crippen MR) is 72.1 cm³/mol. The molecule has 0 aliphatic heterocycles. The first-order valence-electron chi connectivity index (χ1n) is 6.18. The maximum Gasteiger partial charge on any atom is 0.235 e. The van der Waals surface area contributed by atoms with Crippen molar-refractivity contribution in [2.24, 2.45) is 0 Å². The molecule has 102 valence electrons. The fourth-order valence-corrected chi connectivity index (χ4v) is 1.97. The number of nitriles is 1. The van der Waals surface area contributed by atoms with Crippen LogP contribution in [-0.2, 0) is 4.79 Å². The summed E-state index contributed by atoms with van der Waals surface area (Å²) in [5.74, 6) is -0.192. The van der Waals surface area contributed by atoms with Gasteiger partial charge in [0.15, 0.2) is 0 Å². The number of hydrogen-bond acceptors (Lipinski definition) is 4. The molecule has 0 saturated heterocycles.